The number of ether oxygens (including phenoxy) is 1. The molecule has 4 rings (SSSR count). The van der Waals surface area contributed by atoms with Crippen molar-refractivity contribution in [2.45, 2.75) is 20.3 Å². The molecule has 1 atom stereocenters. The lowest BCUT2D eigenvalue weighted by Gasteiger charge is -2.19. The van der Waals surface area contributed by atoms with Gasteiger partial charge in [-0.3, -0.25) is 9.59 Å². The van der Waals surface area contributed by atoms with Crippen LogP contribution in [0, 0.1) is 18.7 Å². The predicted molar refractivity (Wildman–Crippen MR) is 129 cm³/mol. The molecule has 0 aliphatic carbocycles. The Balaban J connectivity index is 0.00000108. The van der Waals surface area contributed by atoms with Crippen molar-refractivity contribution in [1.82, 2.24) is 24.3 Å². The Morgan fingerprint density at radius 2 is 2.11 bits per heavy atom. The monoisotopic (exact) mass is 487 g/mol. The lowest BCUT2D eigenvalue weighted by molar-refractivity contribution is -0.122. The van der Waals surface area contributed by atoms with Gasteiger partial charge in [0.1, 0.15) is 5.56 Å². The van der Waals surface area contributed by atoms with E-state index >= 15 is 0 Å². The van der Waals surface area contributed by atoms with Gasteiger partial charge in [-0.15, -0.1) is 0 Å². The van der Waals surface area contributed by atoms with E-state index in [4.69, 9.17) is 14.6 Å². The van der Waals surface area contributed by atoms with Crippen molar-refractivity contribution in [2.75, 3.05) is 50.6 Å². The van der Waals surface area contributed by atoms with Gasteiger partial charge in [-0.2, -0.15) is 4.98 Å². The number of amides is 1. The van der Waals surface area contributed by atoms with Crippen molar-refractivity contribution in [3.63, 3.8) is 0 Å². The topological polar surface area (TPSA) is 125 Å². The summed E-state index contributed by atoms with van der Waals surface area (Å²) in [6.07, 6.45) is 5.84. The van der Waals surface area contributed by atoms with Gasteiger partial charge in [-0.25, -0.2) is 14.4 Å². The number of nitrogens with zero attached hydrogens (tertiary/aromatic N) is 6. The summed E-state index contributed by atoms with van der Waals surface area (Å²) in [4.78, 5) is 38.7. The van der Waals surface area contributed by atoms with Crippen LogP contribution in [0.15, 0.2) is 24.7 Å². The maximum Gasteiger partial charge on any atom is 0.290 e. The van der Waals surface area contributed by atoms with Crippen molar-refractivity contribution in [3.8, 4) is 5.88 Å². The number of carboxylic acid groups (broad SMARTS) is 1. The van der Waals surface area contributed by atoms with Crippen molar-refractivity contribution >= 4 is 29.7 Å². The molecule has 0 saturated carbocycles. The van der Waals surface area contributed by atoms with Gasteiger partial charge in [-0.05, 0) is 40.3 Å². The van der Waals surface area contributed by atoms with Gasteiger partial charge < -0.3 is 29.4 Å². The molecule has 1 aliphatic heterocycles. The van der Waals surface area contributed by atoms with Crippen LogP contribution >= 0.6 is 0 Å². The molecule has 2 N–H and O–H groups in total. The van der Waals surface area contributed by atoms with Gasteiger partial charge in [0, 0.05) is 44.3 Å². The molecule has 0 spiro atoms. The van der Waals surface area contributed by atoms with Gasteiger partial charge >= 0.3 is 0 Å². The van der Waals surface area contributed by atoms with Gasteiger partial charge in [0.2, 0.25) is 11.8 Å². The molecule has 1 amide bonds. The van der Waals surface area contributed by atoms with E-state index in [1.807, 2.05) is 6.92 Å². The fourth-order valence-electron chi connectivity index (χ4n) is 4.04. The second-order valence-corrected chi connectivity index (χ2v) is 8.43. The number of carbonyl (C=O) groups excluding carboxylic acids is 1. The Kier molecular flexibility index (Phi) is 8.53. The Bertz CT molecular complexity index is 1180. The minimum absolute atomic E-state index is 0.196. The second-order valence-electron chi connectivity index (χ2n) is 8.43. The van der Waals surface area contributed by atoms with Crippen molar-refractivity contribution < 1.29 is 23.8 Å². The van der Waals surface area contributed by atoms with E-state index < -0.39 is 11.7 Å². The smallest absolute Gasteiger partial charge is 0.290 e. The van der Waals surface area contributed by atoms with Crippen LogP contribution in [0.3, 0.4) is 0 Å². The predicted octanol–water partition coefficient (Wildman–Crippen LogP) is 2.31. The second kappa shape index (κ2) is 11.6. The number of nitrogens with one attached hydrogen (secondary N) is 1. The van der Waals surface area contributed by atoms with Crippen LogP contribution in [-0.4, -0.2) is 82.1 Å². The van der Waals surface area contributed by atoms with Gasteiger partial charge in [0.15, 0.2) is 11.5 Å². The Morgan fingerprint density at radius 3 is 2.80 bits per heavy atom. The molecule has 0 unspecified atom stereocenters. The van der Waals surface area contributed by atoms with Crippen LogP contribution in [-0.2, 0) is 4.79 Å². The number of imidazole rings is 1. The maximum absolute atomic E-state index is 14.4. The van der Waals surface area contributed by atoms with Gasteiger partial charge in [-0.1, -0.05) is 0 Å². The summed E-state index contributed by atoms with van der Waals surface area (Å²) < 4.78 is 21.5. The highest BCUT2D eigenvalue weighted by Gasteiger charge is 2.26. The molecule has 3 aromatic heterocycles. The zero-order valence-electron chi connectivity index (χ0n) is 20.2. The van der Waals surface area contributed by atoms with Crippen LogP contribution in [0.25, 0.3) is 5.65 Å². The molecule has 1 fully saturated rings. The van der Waals surface area contributed by atoms with Crippen LogP contribution in [0.4, 0.5) is 16.0 Å². The lowest BCUT2D eigenvalue weighted by atomic mass is 10.1. The summed E-state index contributed by atoms with van der Waals surface area (Å²) >= 11 is 0. The Hall–Kier alpha value is -3.80. The minimum Gasteiger partial charge on any atom is -0.483 e. The number of carbonyl (C=O) groups is 2. The number of pyridine rings is 1. The number of rotatable bonds is 7. The van der Waals surface area contributed by atoms with E-state index in [1.54, 1.807) is 23.7 Å². The number of halogens is 1. The van der Waals surface area contributed by atoms with Gasteiger partial charge in [0.25, 0.3) is 12.4 Å². The standard InChI is InChI=1S/C22H28FN7O2.CH2O2/c1-5-32-21-17(9-24-22(27-21)29-7-6-15(12-29)11-28(3)4)20(31)26-16-8-18(23)19-25-14(2)10-30(19)13-16;2-1-3/h8-10,13,15H,5-7,11-12H2,1-4H3,(H,26,31);1H,(H,2,3)/t15-;/m0./s1. The first kappa shape index (κ1) is 25.8. The molecule has 1 aliphatic rings. The number of hydrogen-bond acceptors (Lipinski definition) is 8. The molecule has 11 nitrogen and oxygen atoms in total. The first-order valence-electron chi connectivity index (χ1n) is 11.2. The van der Waals surface area contributed by atoms with Crippen LogP contribution in [0.1, 0.15) is 29.4 Å². The number of aryl methyl sites for hydroxylation is 1. The van der Waals surface area contributed by atoms with Gasteiger partial charge in [0.05, 0.1) is 18.0 Å². The number of aromatic nitrogens is 4. The minimum atomic E-state index is -0.520. The number of anilines is 2. The summed E-state index contributed by atoms with van der Waals surface area (Å²) in [6.45, 7) is 6.44. The van der Waals surface area contributed by atoms with Crippen molar-refractivity contribution in [1.29, 1.82) is 0 Å². The Labute approximate surface area is 202 Å². The third kappa shape index (κ3) is 6.41. The zero-order valence-corrected chi connectivity index (χ0v) is 20.2. The molecule has 0 aromatic carbocycles. The summed E-state index contributed by atoms with van der Waals surface area (Å²) in [6, 6.07) is 1.24. The molecule has 0 radical (unpaired) electrons. The largest absolute Gasteiger partial charge is 0.483 e. The van der Waals surface area contributed by atoms with Crippen LogP contribution in [0.2, 0.25) is 0 Å². The first-order valence-corrected chi connectivity index (χ1v) is 11.2. The van der Waals surface area contributed by atoms with Crippen LogP contribution < -0.4 is 15.0 Å². The molecule has 1 saturated heterocycles. The third-order valence-corrected chi connectivity index (χ3v) is 5.34. The third-order valence-electron chi connectivity index (χ3n) is 5.34. The van der Waals surface area contributed by atoms with Crippen LogP contribution in [0.5, 0.6) is 5.88 Å². The molecule has 12 heteroatoms. The van der Waals surface area contributed by atoms with Crippen molar-refractivity contribution in [2.24, 2.45) is 5.92 Å². The highest BCUT2D eigenvalue weighted by atomic mass is 19.1. The molecule has 0 bridgehead atoms. The summed E-state index contributed by atoms with van der Waals surface area (Å²) in [5, 5.41) is 9.60. The molecule has 4 heterocycles. The first-order chi connectivity index (χ1) is 16.7. The number of hydrogen-bond donors (Lipinski definition) is 2. The quantitative estimate of drug-likeness (QED) is 0.483. The fraction of sp³-hybridized carbons (Fsp3) is 0.435. The van der Waals surface area contributed by atoms with E-state index in [0.29, 0.717) is 29.9 Å². The molecular formula is C23H30FN7O4. The summed E-state index contributed by atoms with van der Waals surface area (Å²) in [5.41, 5.74) is 1.39. The van der Waals surface area contributed by atoms with E-state index in [2.05, 4.69) is 44.2 Å². The average Bonchev–Trinajstić information content (AvgIpc) is 3.40. The van der Waals surface area contributed by atoms with E-state index in [0.717, 1.165) is 26.1 Å². The maximum atomic E-state index is 14.4. The fourth-order valence-corrected chi connectivity index (χ4v) is 4.04. The normalized spacial score (nSPS) is 15.1. The highest BCUT2D eigenvalue weighted by molar-refractivity contribution is 6.05. The molecule has 188 valence electrons. The van der Waals surface area contributed by atoms with E-state index in [1.165, 1.54) is 12.3 Å². The van der Waals surface area contributed by atoms with E-state index in [9.17, 15) is 9.18 Å². The van der Waals surface area contributed by atoms with E-state index in [-0.39, 0.29) is 23.6 Å². The SMILES string of the molecule is CCOc1nc(N2CC[C@@H](CN(C)C)C2)ncc1C(=O)Nc1cc(F)c2nc(C)cn2c1.O=CO. The zero-order chi connectivity index (χ0) is 25.5. The lowest BCUT2D eigenvalue weighted by Crippen LogP contribution is -2.27. The average molecular weight is 488 g/mol. The molecule has 35 heavy (non-hydrogen) atoms. The highest BCUT2D eigenvalue weighted by Crippen LogP contribution is 2.25. The number of fused-ring (bicyclic) bond motifs is 1. The van der Waals surface area contributed by atoms with Crippen molar-refractivity contribution in [3.05, 3.63) is 41.7 Å². The summed E-state index contributed by atoms with van der Waals surface area (Å²) in [7, 11) is 4.13. The molecular weight excluding hydrogens is 457 g/mol. The molecule has 3 aromatic rings. The summed E-state index contributed by atoms with van der Waals surface area (Å²) in [5.74, 6) is 0.318. The Morgan fingerprint density at radius 1 is 1.37 bits per heavy atom.